The molecule has 3 aliphatic heterocycles. The number of piperidine rings is 1. The Labute approximate surface area is 152 Å². The van der Waals surface area contributed by atoms with Gasteiger partial charge in [0, 0.05) is 37.7 Å². The van der Waals surface area contributed by atoms with Crippen LogP contribution in [0.15, 0.2) is 18.2 Å². The standard InChI is InChI=1S/C19H24N4O3/c1-11-7-20-9-15(11)21-8-12-2-3-13-10-23(19(26)14(13)6-12)16-4-5-17(24)22-18(16)25/h2-3,6,11,15-16,20-21H,4-5,7-10H2,1H3,(H,22,24,25)/t11-,15-,16?/m1/s1. The minimum absolute atomic E-state index is 0.118. The maximum absolute atomic E-state index is 12.8. The molecule has 0 aromatic heterocycles. The van der Waals surface area contributed by atoms with Crippen LogP contribution in [0.4, 0.5) is 0 Å². The van der Waals surface area contributed by atoms with Crippen molar-refractivity contribution in [2.45, 2.75) is 44.9 Å². The van der Waals surface area contributed by atoms with Crippen molar-refractivity contribution < 1.29 is 14.4 Å². The van der Waals surface area contributed by atoms with Crippen molar-refractivity contribution in [3.63, 3.8) is 0 Å². The number of hydrogen-bond donors (Lipinski definition) is 3. The fraction of sp³-hybridized carbons (Fsp3) is 0.526. The summed E-state index contributed by atoms with van der Waals surface area (Å²) in [6.07, 6.45) is 0.671. The average molecular weight is 356 g/mol. The highest BCUT2D eigenvalue weighted by Gasteiger charge is 2.39. The Bertz CT molecular complexity index is 763. The van der Waals surface area contributed by atoms with Crippen LogP contribution in [-0.2, 0) is 22.7 Å². The SMILES string of the molecule is C[C@@H]1CNC[C@H]1NCc1ccc2c(c1)C(=O)N(C1CCC(=O)NC1=O)C2. The number of amides is 3. The van der Waals surface area contributed by atoms with Crippen LogP contribution >= 0.6 is 0 Å². The first-order valence-electron chi connectivity index (χ1n) is 9.23. The number of hydrogen-bond acceptors (Lipinski definition) is 5. The molecule has 3 aliphatic rings. The zero-order valence-corrected chi connectivity index (χ0v) is 14.9. The van der Waals surface area contributed by atoms with Gasteiger partial charge in [-0.15, -0.1) is 0 Å². The van der Waals surface area contributed by atoms with E-state index < -0.39 is 6.04 Å². The zero-order chi connectivity index (χ0) is 18.3. The van der Waals surface area contributed by atoms with E-state index in [9.17, 15) is 14.4 Å². The van der Waals surface area contributed by atoms with E-state index in [0.29, 0.717) is 30.5 Å². The van der Waals surface area contributed by atoms with E-state index in [2.05, 4.69) is 22.9 Å². The van der Waals surface area contributed by atoms with Gasteiger partial charge in [-0.3, -0.25) is 19.7 Å². The van der Waals surface area contributed by atoms with Gasteiger partial charge in [-0.2, -0.15) is 0 Å². The minimum atomic E-state index is -0.556. The number of fused-ring (bicyclic) bond motifs is 1. The Morgan fingerprint density at radius 3 is 2.81 bits per heavy atom. The van der Waals surface area contributed by atoms with Crippen molar-refractivity contribution in [3.8, 4) is 0 Å². The van der Waals surface area contributed by atoms with E-state index in [1.54, 1.807) is 4.90 Å². The molecular formula is C19H24N4O3. The predicted octanol–water partition coefficient (Wildman–Crippen LogP) is 0.145. The first-order chi connectivity index (χ1) is 12.5. The van der Waals surface area contributed by atoms with E-state index in [1.807, 2.05) is 18.2 Å². The fourth-order valence-corrected chi connectivity index (χ4v) is 4.04. The molecule has 3 heterocycles. The Hall–Kier alpha value is -2.25. The Morgan fingerprint density at radius 2 is 2.08 bits per heavy atom. The summed E-state index contributed by atoms with van der Waals surface area (Å²) >= 11 is 0. The summed E-state index contributed by atoms with van der Waals surface area (Å²) in [4.78, 5) is 37.8. The molecule has 1 aromatic rings. The third kappa shape index (κ3) is 3.12. The number of carbonyl (C=O) groups excluding carboxylic acids is 3. The third-order valence-corrected chi connectivity index (χ3v) is 5.68. The summed E-state index contributed by atoms with van der Waals surface area (Å²) < 4.78 is 0. The third-order valence-electron chi connectivity index (χ3n) is 5.68. The fourth-order valence-electron chi connectivity index (χ4n) is 4.04. The summed E-state index contributed by atoms with van der Waals surface area (Å²) in [5.74, 6) is -0.159. The Balaban J connectivity index is 1.45. The first-order valence-corrected chi connectivity index (χ1v) is 9.23. The predicted molar refractivity (Wildman–Crippen MR) is 95.1 cm³/mol. The van der Waals surface area contributed by atoms with E-state index in [0.717, 1.165) is 30.8 Å². The normalized spacial score (nSPS) is 28.4. The van der Waals surface area contributed by atoms with Gasteiger partial charge in [0.25, 0.3) is 5.91 Å². The lowest BCUT2D eigenvalue weighted by atomic mass is 10.0. The van der Waals surface area contributed by atoms with Crippen molar-refractivity contribution in [2.24, 2.45) is 5.92 Å². The molecule has 3 N–H and O–H groups in total. The van der Waals surface area contributed by atoms with Crippen LogP contribution in [0.5, 0.6) is 0 Å². The first kappa shape index (κ1) is 17.2. The summed E-state index contributed by atoms with van der Waals surface area (Å²) in [5, 5.41) is 9.26. The van der Waals surface area contributed by atoms with E-state index in [4.69, 9.17) is 0 Å². The molecule has 3 atom stereocenters. The topological polar surface area (TPSA) is 90.5 Å². The average Bonchev–Trinajstić information content (AvgIpc) is 3.17. The highest BCUT2D eigenvalue weighted by Crippen LogP contribution is 2.28. The number of imide groups is 1. The van der Waals surface area contributed by atoms with Gasteiger partial charge in [-0.1, -0.05) is 19.1 Å². The second-order valence-corrected chi connectivity index (χ2v) is 7.51. The lowest BCUT2D eigenvalue weighted by molar-refractivity contribution is -0.136. The molecule has 2 fully saturated rings. The number of benzene rings is 1. The summed E-state index contributed by atoms with van der Waals surface area (Å²) in [6.45, 7) is 5.37. The van der Waals surface area contributed by atoms with Crippen LogP contribution in [0, 0.1) is 5.92 Å². The number of rotatable bonds is 4. The minimum Gasteiger partial charge on any atom is -0.322 e. The molecule has 3 amide bonds. The van der Waals surface area contributed by atoms with Gasteiger partial charge in [-0.25, -0.2) is 0 Å². The summed E-state index contributed by atoms with van der Waals surface area (Å²) in [6, 6.07) is 5.84. The summed E-state index contributed by atoms with van der Waals surface area (Å²) in [5.41, 5.74) is 2.69. The number of carbonyl (C=O) groups is 3. The van der Waals surface area contributed by atoms with Gasteiger partial charge in [0.1, 0.15) is 6.04 Å². The van der Waals surface area contributed by atoms with Crippen molar-refractivity contribution in [1.82, 2.24) is 20.9 Å². The van der Waals surface area contributed by atoms with Gasteiger partial charge in [-0.05, 0) is 36.1 Å². The zero-order valence-electron chi connectivity index (χ0n) is 14.9. The van der Waals surface area contributed by atoms with Gasteiger partial charge >= 0.3 is 0 Å². The highest BCUT2D eigenvalue weighted by atomic mass is 16.2. The number of nitrogens with zero attached hydrogens (tertiary/aromatic N) is 1. The van der Waals surface area contributed by atoms with Crippen molar-refractivity contribution >= 4 is 17.7 Å². The van der Waals surface area contributed by atoms with Crippen LogP contribution in [0.3, 0.4) is 0 Å². The van der Waals surface area contributed by atoms with Crippen molar-refractivity contribution in [3.05, 3.63) is 34.9 Å². The van der Waals surface area contributed by atoms with Crippen LogP contribution < -0.4 is 16.0 Å². The smallest absolute Gasteiger partial charge is 0.255 e. The monoisotopic (exact) mass is 356 g/mol. The molecule has 138 valence electrons. The molecule has 7 heteroatoms. The van der Waals surface area contributed by atoms with Crippen LogP contribution in [0.2, 0.25) is 0 Å². The van der Waals surface area contributed by atoms with E-state index >= 15 is 0 Å². The lowest BCUT2D eigenvalue weighted by Gasteiger charge is -2.29. The van der Waals surface area contributed by atoms with Gasteiger partial charge in [0.15, 0.2) is 0 Å². The maximum Gasteiger partial charge on any atom is 0.255 e. The van der Waals surface area contributed by atoms with Crippen LogP contribution in [-0.4, -0.2) is 47.8 Å². The molecule has 0 spiro atoms. The van der Waals surface area contributed by atoms with Crippen LogP contribution in [0.1, 0.15) is 41.3 Å². The highest BCUT2D eigenvalue weighted by molar-refractivity contribution is 6.05. The maximum atomic E-state index is 12.8. The van der Waals surface area contributed by atoms with Gasteiger partial charge in [0.05, 0.1) is 0 Å². The van der Waals surface area contributed by atoms with Crippen molar-refractivity contribution in [2.75, 3.05) is 13.1 Å². The van der Waals surface area contributed by atoms with Crippen LogP contribution in [0.25, 0.3) is 0 Å². The number of nitrogens with one attached hydrogen (secondary N) is 3. The molecule has 0 bridgehead atoms. The quantitative estimate of drug-likeness (QED) is 0.668. The van der Waals surface area contributed by atoms with E-state index in [-0.39, 0.29) is 24.1 Å². The largest absolute Gasteiger partial charge is 0.322 e. The molecular weight excluding hydrogens is 332 g/mol. The molecule has 0 radical (unpaired) electrons. The van der Waals surface area contributed by atoms with Gasteiger partial charge < -0.3 is 15.5 Å². The molecule has 0 saturated carbocycles. The second kappa shape index (κ2) is 6.81. The molecule has 1 aromatic carbocycles. The summed E-state index contributed by atoms with van der Waals surface area (Å²) in [7, 11) is 0. The Kier molecular flexibility index (Phi) is 4.50. The second-order valence-electron chi connectivity index (χ2n) is 7.51. The molecule has 2 saturated heterocycles. The molecule has 4 rings (SSSR count). The van der Waals surface area contributed by atoms with Crippen molar-refractivity contribution in [1.29, 1.82) is 0 Å². The molecule has 26 heavy (non-hydrogen) atoms. The Morgan fingerprint density at radius 1 is 1.23 bits per heavy atom. The molecule has 0 aliphatic carbocycles. The molecule has 1 unspecified atom stereocenters. The van der Waals surface area contributed by atoms with E-state index in [1.165, 1.54) is 0 Å². The van der Waals surface area contributed by atoms with Gasteiger partial charge in [0.2, 0.25) is 11.8 Å². The molecule has 7 nitrogen and oxygen atoms in total. The lowest BCUT2D eigenvalue weighted by Crippen LogP contribution is -2.52.